The van der Waals surface area contributed by atoms with Crippen molar-refractivity contribution in [1.82, 2.24) is 14.9 Å². The predicted molar refractivity (Wildman–Crippen MR) is 81.4 cm³/mol. The molecule has 0 aromatic carbocycles. The lowest BCUT2D eigenvalue weighted by Crippen LogP contribution is -2.48. The van der Waals surface area contributed by atoms with E-state index in [9.17, 15) is 14.7 Å². The molecule has 0 bridgehead atoms. The molecule has 0 saturated carbocycles. The van der Waals surface area contributed by atoms with Crippen LogP contribution in [0.3, 0.4) is 0 Å². The average Bonchev–Trinajstić information content (AvgIpc) is 2.45. The Hall–Kier alpha value is -2.18. The molecule has 0 spiro atoms. The highest BCUT2D eigenvalue weighted by Gasteiger charge is 2.39. The van der Waals surface area contributed by atoms with Gasteiger partial charge in [0.2, 0.25) is 5.95 Å². The molecule has 3 N–H and O–H groups in total. The van der Waals surface area contributed by atoms with Crippen molar-refractivity contribution in [3.05, 3.63) is 17.5 Å². The predicted octanol–water partition coefficient (Wildman–Crippen LogP) is 1.51. The van der Waals surface area contributed by atoms with Crippen LogP contribution in [0.2, 0.25) is 0 Å². The highest BCUT2D eigenvalue weighted by Crippen LogP contribution is 2.30. The van der Waals surface area contributed by atoms with Gasteiger partial charge < -0.3 is 15.7 Å². The molecule has 1 atom stereocenters. The number of aromatic nitrogens is 2. The van der Waals surface area contributed by atoms with E-state index in [-0.39, 0.29) is 30.0 Å². The minimum atomic E-state index is -0.909. The molecule has 7 nitrogen and oxygen atoms in total. The van der Waals surface area contributed by atoms with E-state index in [1.165, 1.54) is 0 Å². The van der Waals surface area contributed by atoms with Gasteiger partial charge in [-0.15, -0.1) is 0 Å². The van der Waals surface area contributed by atoms with Gasteiger partial charge in [-0.25, -0.2) is 9.97 Å². The normalized spacial score (nSPS) is 21.9. The molecule has 120 valence electrons. The maximum atomic E-state index is 12.6. The second-order valence-electron chi connectivity index (χ2n) is 6.39. The van der Waals surface area contributed by atoms with Crippen LogP contribution in [0.5, 0.6) is 0 Å². The molecule has 1 aromatic rings. The van der Waals surface area contributed by atoms with E-state index >= 15 is 0 Å². The Kier molecular flexibility index (Phi) is 4.35. The monoisotopic (exact) mass is 306 g/mol. The molecule has 1 aromatic heterocycles. The van der Waals surface area contributed by atoms with Crippen LogP contribution in [0.15, 0.2) is 6.07 Å². The second-order valence-corrected chi connectivity index (χ2v) is 6.39. The van der Waals surface area contributed by atoms with Crippen molar-refractivity contribution in [2.45, 2.75) is 39.5 Å². The zero-order valence-electron chi connectivity index (χ0n) is 13.2. The molecule has 0 radical (unpaired) electrons. The van der Waals surface area contributed by atoms with E-state index in [1.807, 2.05) is 13.8 Å². The number of hydrogen-bond donors (Lipinski definition) is 2. The molecule has 7 heteroatoms. The van der Waals surface area contributed by atoms with E-state index < -0.39 is 11.4 Å². The first kappa shape index (κ1) is 16.2. The van der Waals surface area contributed by atoms with Gasteiger partial charge in [-0.3, -0.25) is 9.59 Å². The zero-order valence-corrected chi connectivity index (χ0v) is 13.2. The fraction of sp³-hybridized carbons (Fsp3) is 0.600. The Morgan fingerprint density at radius 1 is 1.41 bits per heavy atom. The average molecular weight is 306 g/mol. The van der Waals surface area contributed by atoms with Gasteiger partial charge in [0.05, 0.1) is 5.41 Å². The first-order chi connectivity index (χ1) is 10.2. The SMILES string of the molecule is CC(C)c1cc(C(=O)N2CCCC(C)(C(=O)O)C2)nc(N)n1. The third-order valence-electron chi connectivity index (χ3n) is 4.07. The third kappa shape index (κ3) is 3.18. The van der Waals surface area contributed by atoms with E-state index in [0.717, 1.165) is 0 Å². The molecule has 1 aliphatic rings. The van der Waals surface area contributed by atoms with Crippen LogP contribution in [0.4, 0.5) is 5.95 Å². The number of carboxylic acids is 1. The maximum absolute atomic E-state index is 12.6. The van der Waals surface area contributed by atoms with E-state index in [0.29, 0.717) is 25.1 Å². The van der Waals surface area contributed by atoms with E-state index in [4.69, 9.17) is 5.73 Å². The van der Waals surface area contributed by atoms with Crippen LogP contribution in [-0.2, 0) is 4.79 Å². The van der Waals surface area contributed by atoms with Gasteiger partial charge in [0.1, 0.15) is 5.69 Å². The molecule has 1 unspecified atom stereocenters. The van der Waals surface area contributed by atoms with Crippen molar-refractivity contribution >= 4 is 17.8 Å². The molecular formula is C15H22N4O3. The highest BCUT2D eigenvalue weighted by atomic mass is 16.4. The summed E-state index contributed by atoms with van der Waals surface area (Å²) in [6.07, 6.45) is 1.22. The largest absolute Gasteiger partial charge is 0.481 e. The van der Waals surface area contributed by atoms with Crippen LogP contribution in [0.25, 0.3) is 0 Å². The third-order valence-corrected chi connectivity index (χ3v) is 4.07. The number of nitrogens with zero attached hydrogens (tertiary/aromatic N) is 3. The Morgan fingerprint density at radius 3 is 2.68 bits per heavy atom. The summed E-state index contributed by atoms with van der Waals surface area (Å²) < 4.78 is 0. The number of likely N-dealkylation sites (tertiary alicyclic amines) is 1. The minimum Gasteiger partial charge on any atom is -0.481 e. The highest BCUT2D eigenvalue weighted by molar-refractivity contribution is 5.93. The summed E-state index contributed by atoms with van der Waals surface area (Å²) in [6.45, 7) is 6.30. The van der Waals surface area contributed by atoms with Crippen LogP contribution in [0.1, 0.15) is 55.7 Å². The Bertz CT molecular complexity index is 602. The summed E-state index contributed by atoms with van der Waals surface area (Å²) in [7, 11) is 0. The fourth-order valence-corrected chi connectivity index (χ4v) is 2.64. The molecule has 22 heavy (non-hydrogen) atoms. The van der Waals surface area contributed by atoms with Gasteiger partial charge in [-0.05, 0) is 31.7 Å². The first-order valence-corrected chi connectivity index (χ1v) is 7.40. The summed E-state index contributed by atoms with van der Waals surface area (Å²) in [4.78, 5) is 33.7. The van der Waals surface area contributed by atoms with Gasteiger partial charge in [-0.1, -0.05) is 13.8 Å². The maximum Gasteiger partial charge on any atom is 0.311 e. The Balaban J connectivity index is 2.26. The van der Waals surface area contributed by atoms with E-state index in [2.05, 4.69) is 9.97 Å². The molecule has 0 aliphatic carbocycles. The smallest absolute Gasteiger partial charge is 0.311 e. The summed E-state index contributed by atoms with van der Waals surface area (Å²) in [6, 6.07) is 1.63. The van der Waals surface area contributed by atoms with Crippen LogP contribution in [0, 0.1) is 5.41 Å². The number of carboxylic acid groups (broad SMARTS) is 1. The number of anilines is 1. The van der Waals surface area contributed by atoms with Crippen molar-refractivity contribution in [3.63, 3.8) is 0 Å². The van der Waals surface area contributed by atoms with Crippen molar-refractivity contribution in [2.75, 3.05) is 18.8 Å². The number of nitrogen functional groups attached to an aromatic ring is 1. The van der Waals surface area contributed by atoms with Gasteiger partial charge in [0, 0.05) is 18.8 Å². The number of amides is 1. The van der Waals surface area contributed by atoms with Gasteiger partial charge in [0.25, 0.3) is 5.91 Å². The minimum absolute atomic E-state index is 0.0626. The molecule has 2 heterocycles. The molecule has 1 amide bonds. The number of aliphatic carboxylic acids is 1. The lowest BCUT2D eigenvalue weighted by Gasteiger charge is -2.37. The quantitative estimate of drug-likeness (QED) is 0.876. The van der Waals surface area contributed by atoms with Crippen LogP contribution in [-0.4, -0.2) is 44.9 Å². The Labute approximate surface area is 129 Å². The molecule has 1 fully saturated rings. The lowest BCUT2D eigenvalue weighted by atomic mass is 9.82. The van der Waals surface area contributed by atoms with Crippen LogP contribution < -0.4 is 5.73 Å². The van der Waals surface area contributed by atoms with Crippen molar-refractivity contribution in [2.24, 2.45) is 5.41 Å². The molecular weight excluding hydrogens is 284 g/mol. The first-order valence-electron chi connectivity index (χ1n) is 7.40. The summed E-state index contributed by atoms with van der Waals surface area (Å²) in [5.74, 6) is -0.978. The molecule has 2 rings (SSSR count). The summed E-state index contributed by atoms with van der Waals surface area (Å²) in [5, 5.41) is 9.35. The summed E-state index contributed by atoms with van der Waals surface area (Å²) >= 11 is 0. The number of carbonyl (C=O) groups is 2. The van der Waals surface area contributed by atoms with Gasteiger partial charge in [-0.2, -0.15) is 0 Å². The number of nitrogens with two attached hydrogens (primary N) is 1. The zero-order chi connectivity index (χ0) is 16.5. The van der Waals surface area contributed by atoms with Crippen molar-refractivity contribution < 1.29 is 14.7 Å². The van der Waals surface area contributed by atoms with Gasteiger partial charge >= 0.3 is 5.97 Å². The Morgan fingerprint density at radius 2 is 2.09 bits per heavy atom. The summed E-state index contributed by atoms with van der Waals surface area (Å²) in [5.41, 5.74) is 5.70. The van der Waals surface area contributed by atoms with Crippen molar-refractivity contribution in [3.8, 4) is 0 Å². The van der Waals surface area contributed by atoms with Crippen molar-refractivity contribution in [1.29, 1.82) is 0 Å². The second kappa shape index (κ2) is 5.90. The number of hydrogen-bond acceptors (Lipinski definition) is 5. The fourth-order valence-electron chi connectivity index (χ4n) is 2.64. The number of rotatable bonds is 3. The standard InChI is InChI=1S/C15H22N4O3/c1-9(2)10-7-11(18-14(16)17-10)12(20)19-6-4-5-15(3,8-19)13(21)22/h7,9H,4-6,8H2,1-3H3,(H,21,22)(H2,16,17,18). The number of piperidine rings is 1. The number of carbonyl (C=O) groups excluding carboxylic acids is 1. The van der Waals surface area contributed by atoms with Gasteiger partial charge in [0.15, 0.2) is 0 Å². The van der Waals surface area contributed by atoms with E-state index in [1.54, 1.807) is 17.9 Å². The van der Waals surface area contributed by atoms with Crippen LogP contribution >= 0.6 is 0 Å². The molecule has 1 aliphatic heterocycles. The molecule has 1 saturated heterocycles. The lowest BCUT2D eigenvalue weighted by molar-refractivity contribution is -0.150. The topological polar surface area (TPSA) is 109 Å².